The summed E-state index contributed by atoms with van der Waals surface area (Å²) >= 11 is 1.76. The maximum Gasteiger partial charge on any atom is 0.343 e. The fourth-order valence-corrected chi connectivity index (χ4v) is 4.40. The Morgan fingerprint density at radius 2 is 2.25 bits per heavy atom. The van der Waals surface area contributed by atoms with Crippen LogP contribution in [-0.2, 0) is 6.54 Å². The van der Waals surface area contributed by atoms with Crippen LogP contribution in [0.4, 0.5) is 0 Å². The number of thioether (sulfide) groups is 1. The molecule has 0 radical (unpaired) electrons. The molecule has 6 heteroatoms. The lowest BCUT2D eigenvalue weighted by Gasteiger charge is -2.34. The van der Waals surface area contributed by atoms with E-state index in [0.29, 0.717) is 11.3 Å². The second kappa shape index (κ2) is 7.31. The van der Waals surface area contributed by atoms with E-state index in [9.17, 15) is 4.79 Å². The number of rotatable bonds is 6. The van der Waals surface area contributed by atoms with E-state index in [1.54, 1.807) is 16.3 Å². The Hall–Kier alpha value is -0.750. The van der Waals surface area contributed by atoms with Crippen molar-refractivity contribution in [3.05, 3.63) is 10.5 Å². The third-order valence-electron chi connectivity index (χ3n) is 3.95. The Morgan fingerprint density at radius 1 is 1.45 bits per heavy atom. The number of nitrogens with one attached hydrogen (secondary N) is 2. The summed E-state index contributed by atoms with van der Waals surface area (Å²) in [4.78, 5) is 11.8. The van der Waals surface area contributed by atoms with E-state index in [4.69, 9.17) is 0 Å². The normalized spacial score (nSPS) is 26.9. The van der Waals surface area contributed by atoms with Crippen LogP contribution in [0.5, 0.6) is 0 Å². The predicted molar refractivity (Wildman–Crippen MR) is 83.3 cm³/mol. The van der Waals surface area contributed by atoms with Crippen LogP contribution in [0.25, 0.3) is 0 Å². The van der Waals surface area contributed by atoms with Gasteiger partial charge in [-0.15, -0.1) is 5.10 Å². The molecule has 0 aliphatic heterocycles. The number of aromatic nitrogens is 3. The second-order valence-corrected chi connectivity index (χ2v) is 6.91. The van der Waals surface area contributed by atoms with Crippen molar-refractivity contribution in [3.63, 3.8) is 0 Å². The quantitative estimate of drug-likeness (QED) is 0.845. The molecule has 20 heavy (non-hydrogen) atoms. The molecule has 2 N–H and O–H groups in total. The standard InChI is InChI=1S/C14H26N4OS/c1-4-8-18-13(19)16-17-14(18)20-12-9-10(3)6-7-11(12)15-5-2/h10-12,15H,4-9H2,1-3H3,(H,16,19). The Morgan fingerprint density at radius 3 is 2.95 bits per heavy atom. The third-order valence-corrected chi connectivity index (χ3v) is 5.29. The van der Waals surface area contributed by atoms with Gasteiger partial charge in [-0.3, -0.25) is 4.57 Å². The molecule has 2 rings (SSSR count). The average molecular weight is 298 g/mol. The van der Waals surface area contributed by atoms with Crippen LogP contribution >= 0.6 is 11.8 Å². The molecule has 0 spiro atoms. The van der Waals surface area contributed by atoms with Gasteiger partial charge in [0.05, 0.1) is 0 Å². The van der Waals surface area contributed by atoms with Gasteiger partial charge in [0.2, 0.25) is 0 Å². The van der Waals surface area contributed by atoms with E-state index in [1.165, 1.54) is 19.3 Å². The summed E-state index contributed by atoms with van der Waals surface area (Å²) in [5.74, 6) is 0.757. The molecule has 1 aliphatic rings. The largest absolute Gasteiger partial charge is 0.343 e. The highest BCUT2D eigenvalue weighted by molar-refractivity contribution is 7.99. The molecule has 1 saturated carbocycles. The molecule has 1 fully saturated rings. The van der Waals surface area contributed by atoms with Gasteiger partial charge in [0.15, 0.2) is 5.16 Å². The molecule has 114 valence electrons. The average Bonchev–Trinajstić information content (AvgIpc) is 2.75. The zero-order chi connectivity index (χ0) is 14.5. The van der Waals surface area contributed by atoms with Crippen LogP contribution in [0.2, 0.25) is 0 Å². The summed E-state index contributed by atoms with van der Waals surface area (Å²) in [6.07, 6.45) is 4.65. The predicted octanol–water partition coefficient (Wildman–Crippen LogP) is 2.24. The molecule has 1 heterocycles. The minimum Gasteiger partial charge on any atom is -0.313 e. The number of H-pyrrole nitrogens is 1. The molecule has 1 aromatic rings. The zero-order valence-electron chi connectivity index (χ0n) is 12.7. The highest BCUT2D eigenvalue weighted by Crippen LogP contribution is 2.35. The van der Waals surface area contributed by atoms with Crippen molar-refractivity contribution in [3.8, 4) is 0 Å². The number of hydrogen-bond acceptors (Lipinski definition) is 4. The highest BCUT2D eigenvalue weighted by atomic mass is 32.2. The smallest absolute Gasteiger partial charge is 0.313 e. The third kappa shape index (κ3) is 3.67. The Kier molecular flexibility index (Phi) is 5.72. The summed E-state index contributed by atoms with van der Waals surface area (Å²) in [5.41, 5.74) is -0.0850. The molecule has 3 atom stereocenters. The second-order valence-electron chi connectivity index (χ2n) is 5.70. The number of nitrogens with zero attached hydrogens (tertiary/aromatic N) is 2. The van der Waals surface area contributed by atoms with Crippen LogP contribution < -0.4 is 11.0 Å². The van der Waals surface area contributed by atoms with Crippen LogP contribution in [0.15, 0.2) is 9.95 Å². The Labute approximate surface area is 124 Å². The summed E-state index contributed by atoms with van der Waals surface area (Å²) in [7, 11) is 0. The van der Waals surface area contributed by atoms with Crippen LogP contribution in [0, 0.1) is 5.92 Å². The maximum absolute atomic E-state index is 11.8. The van der Waals surface area contributed by atoms with Crippen molar-refractivity contribution in [2.75, 3.05) is 6.54 Å². The van der Waals surface area contributed by atoms with Crippen molar-refractivity contribution in [2.24, 2.45) is 5.92 Å². The first-order chi connectivity index (χ1) is 9.65. The Balaban J connectivity index is 2.11. The first-order valence-corrected chi connectivity index (χ1v) is 8.58. The molecule has 3 unspecified atom stereocenters. The van der Waals surface area contributed by atoms with Gasteiger partial charge in [-0.05, 0) is 38.1 Å². The lowest BCUT2D eigenvalue weighted by atomic mass is 9.87. The van der Waals surface area contributed by atoms with Gasteiger partial charge >= 0.3 is 5.69 Å². The summed E-state index contributed by atoms with van der Waals surface area (Å²) in [6, 6.07) is 0.531. The van der Waals surface area contributed by atoms with E-state index in [2.05, 4.69) is 36.3 Å². The molecule has 0 bridgehead atoms. The zero-order valence-corrected chi connectivity index (χ0v) is 13.5. The van der Waals surface area contributed by atoms with Crippen molar-refractivity contribution < 1.29 is 0 Å². The van der Waals surface area contributed by atoms with Gasteiger partial charge < -0.3 is 5.32 Å². The van der Waals surface area contributed by atoms with Crippen LogP contribution in [0.1, 0.15) is 46.5 Å². The Bertz CT molecular complexity index is 470. The minimum absolute atomic E-state index is 0.0850. The molecule has 1 aliphatic carbocycles. The molecule has 0 aromatic carbocycles. The van der Waals surface area contributed by atoms with Gasteiger partial charge in [-0.1, -0.05) is 32.5 Å². The fraction of sp³-hybridized carbons (Fsp3) is 0.857. The first kappa shape index (κ1) is 15.6. The summed E-state index contributed by atoms with van der Waals surface area (Å²) in [5, 5.41) is 11.7. The minimum atomic E-state index is -0.0850. The first-order valence-electron chi connectivity index (χ1n) is 7.70. The van der Waals surface area contributed by atoms with Gasteiger partial charge in [0.1, 0.15) is 0 Å². The van der Waals surface area contributed by atoms with Crippen molar-refractivity contribution >= 4 is 11.8 Å². The lowest BCUT2D eigenvalue weighted by molar-refractivity contribution is 0.320. The van der Waals surface area contributed by atoms with E-state index in [1.807, 2.05) is 0 Å². The van der Waals surface area contributed by atoms with Crippen molar-refractivity contribution in [1.82, 2.24) is 20.1 Å². The lowest BCUT2D eigenvalue weighted by Crippen LogP contribution is -2.42. The molecule has 5 nitrogen and oxygen atoms in total. The van der Waals surface area contributed by atoms with Crippen molar-refractivity contribution in [1.29, 1.82) is 0 Å². The van der Waals surface area contributed by atoms with Gasteiger partial charge in [0, 0.05) is 17.8 Å². The molecule has 0 saturated heterocycles. The van der Waals surface area contributed by atoms with Crippen molar-refractivity contribution in [2.45, 2.75) is 69.4 Å². The molecule has 0 amide bonds. The summed E-state index contributed by atoms with van der Waals surface area (Å²) < 4.78 is 1.77. The van der Waals surface area contributed by atoms with E-state index < -0.39 is 0 Å². The van der Waals surface area contributed by atoms with E-state index >= 15 is 0 Å². The monoisotopic (exact) mass is 298 g/mol. The van der Waals surface area contributed by atoms with Gasteiger partial charge in [-0.2, -0.15) is 0 Å². The van der Waals surface area contributed by atoms with Gasteiger partial charge in [-0.25, -0.2) is 9.89 Å². The summed E-state index contributed by atoms with van der Waals surface area (Å²) in [6.45, 7) is 8.29. The maximum atomic E-state index is 11.8. The van der Waals surface area contributed by atoms with Crippen LogP contribution in [-0.4, -0.2) is 32.6 Å². The number of hydrogen-bond donors (Lipinski definition) is 2. The molecular weight excluding hydrogens is 272 g/mol. The highest BCUT2D eigenvalue weighted by Gasteiger charge is 2.30. The van der Waals surface area contributed by atoms with E-state index in [-0.39, 0.29) is 5.69 Å². The molecular formula is C14H26N4OS. The SMILES string of the molecule is CCCn1c(SC2CC(C)CCC2NCC)n[nH]c1=O. The van der Waals surface area contributed by atoms with E-state index in [0.717, 1.165) is 30.6 Å². The fourth-order valence-electron chi connectivity index (χ4n) is 2.90. The van der Waals surface area contributed by atoms with Gasteiger partial charge in [0.25, 0.3) is 0 Å². The van der Waals surface area contributed by atoms with Crippen LogP contribution in [0.3, 0.4) is 0 Å². The molecule has 1 aromatic heterocycles. The number of aromatic amines is 1. The topological polar surface area (TPSA) is 62.7 Å².